The lowest BCUT2D eigenvalue weighted by molar-refractivity contribution is 0.194. The summed E-state index contributed by atoms with van der Waals surface area (Å²) in [5.74, 6) is 0.750. The van der Waals surface area contributed by atoms with Crippen LogP contribution in [0.1, 0.15) is 19.4 Å². The molecule has 0 aromatic carbocycles. The van der Waals surface area contributed by atoms with Crippen molar-refractivity contribution in [3.05, 3.63) is 18.0 Å². The monoisotopic (exact) mass is 241 g/mol. The van der Waals surface area contributed by atoms with Gasteiger partial charge in [-0.1, -0.05) is 18.7 Å². The normalized spacial score (nSPS) is 14.8. The van der Waals surface area contributed by atoms with Crippen LogP contribution in [-0.2, 0) is 0 Å². The molecule has 0 saturated carbocycles. The predicted octanol–water partition coefficient (Wildman–Crippen LogP) is 1.24. The summed E-state index contributed by atoms with van der Waals surface area (Å²) in [6.45, 7) is 6.94. The van der Waals surface area contributed by atoms with Crippen LogP contribution in [0.3, 0.4) is 0 Å². The Bertz CT molecular complexity index is 318. The van der Waals surface area contributed by atoms with Crippen molar-refractivity contribution in [3.63, 3.8) is 0 Å². The van der Waals surface area contributed by atoms with Crippen molar-refractivity contribution in [2.45, 2.75) is 31.5 Å². The van der Waals surface area contributed by atoms with E-state index in [0.717, 1.165) is 23.0 Å². The van der Waals surface area contributed by atoms with Gasteiger partial charge in [-0.25, -0.2) is 9.97 Å². The van der Waals surface area contributed by atoms with Crippen LogP contribution in [0.2, 0.25) is 0 Å². The lowest BCUT2D eigenvalue weighted by atomic mass is 10.1. The third-order valence-corrected chi connectivity index (χ3v) is 3.48. The Morgan fingerprint density at radius 1 is 1.44 bits per heavy atom. The number of aliphatic hydroxyl groups excluding tert-OH is 1. The summed E-state index contributed by atoms with van der Waals surface area (Å²) in [7, 11) is 0. The van der Waals surface area contributed by atoms with E-state index in [-0.39, 0.29) is 12.1 Å². The van der Waals surface area contributed by atoms with Gasteiger partial charge in [-0.2, -0.15) is 0 Å². The van der Waals surface area contributed by atoms with Gasteiger partial charge >= 0.3 is 0 Å². The van der Waals surface area contributed by atoms with E-state index < -0.39 is 0 Å². The summed E-state index contributed by atoms with van der Waals surface area (Å²) >= 11 is 1.56. The van der Waals surface area contributed by atoms with Crippen LogP contribution in [0.25, 0.3) is 0 Å². The topological polar surface area (TPSA) is 58.0 Å². The fraction of sp³-hybridized carbons (Fsp3) is 0.636. The van der Waals surface area contributed by atoms with Gasteiger partial charge in [-0.15, -0.1) is 0 Å². The highest BCUT2D eigenvalue weighted by Gasteiger charge is 2.22. The van der Waals surface area contributed by atoms with E-state index in [1.807, 2.05) is 20.8 Å². The molecule has 1 rings (SSSR count). The summed E-state index contributed by atoms with van der Waals surface area (Å²) in [6.07, 6.45) is 3.61. The average molecular weight is 241 g/mol. The molecule has 0 radical (unpaired) electrons. The maximum absolute atomic E-state index is 9.32. The van der Waals surface area contributed by atoms with Crippen molar-refractivity contribution < 1.29 is 5.11 Å². The van der Waals surface area contributed by atoms with Gasteiger partial charge in [-0.05, 0) is 26.0 Å². The largest absolute Gasteiger partial charge is 0.394 e. The Labute approximate surface area is 101 Å². The van der Waals surface area contributed by atoms with Gasteiger partial charge in [0.05, 0.1) is 6.61 Å². The number of rotatable bonds is 6. The van der Waals surface area contributed by atoms with Gasteiger partial charge in [0.2, 0.25) is 0 Å². The van der Waals surface area contributed by atoms with Crippen LogP contribution < -0.4 is 5.32 Å². The molecule has 1 heterocycles. The maximum Gasteiger partial charge on any atom is 0.187 e. The molecule has 0 aliphatic carbocycles. The van der Waals surface area contributed by atoms with Crippen LogP contribution in [0, 0.1) is 6.92 Å². The summed E-state index contributed by atoms with van der Waals surface area (Å²) in [6, 6.07) is 0. The minimum Gasteiger partial charge on any atom is -0.394 e. The molecule has 0 spiro atoms. The quantitative estimate of drug-likeness (QED) is 0.579. The number of nitrogens with zero attached hydrogens (tertiary/aromatic N) is 2. The third-order valence-electron chi connectivity index (χ3n) is 2.23. The second-order valence-electron chi connectivity index (χ2n) is 4.08. The fourth-order valence-electron chi connectivity index (χ4n) is 1.26. The van der Waals surface area contributed by atoms with E-state index in [4.69, 9.17) is 0 Å². The van der Waals surface area contributed by atoms with E-state index in [2.05, 4.69) is 15.3 Å². The average Bonchev–Trinajstić information content (AvgIpc) is 2.29. The van der Waals surface area contributed by atoms with Crippen LogP contribution in [-0.4, -0.2) is 39.5 Å². The molecule has 90 valence electrons. The number of nitrogens with one attached hydrogen (secondary N) is 1. The lowest BCUT2D eigenvalue weighted by Crippen LogP contribution is -2.47. The minimum atomic E-state index is -0.270. The highest BCUT2D eigenvalue weighted by molar-refractivity contribution is 7.99. The molecule has 2 N–H and O–H groups in total. The van der Waals surface area contributed by atoms with Gasteiger partial charge in [0.1, 0.15) is 0 Å². The molecule has 0 amide bonds. The zero-order chi connectivity index (χ0) is 12.0. The molecule has 0 fully saturated rings. The molecular formula is C11H19N3OS. The number of aromatic nitrogens is 2. The molecule has 16 heavy (non-hydrogen) atoms. The summed E-state index contributed by atoms with van der Waals surface area (Å²) in [5.41, 5.74) is 0.786. The fourth-order valence-corrected chi connectivity index (χ4v) is 2.15. The smallest absolute Gasteiger partial charge is 0.187 e. The SMILES string of the molecule is CCNC(C)(CO)CSc1ncc(C)cn1. The zero-order valence-electron chi connectivity index (χ0n) is 10.0. The molecule has 0 aliphatic heterocycles. The molecular weight excluding hydrogens is 222 g/mol. The Balaban J connectivity index is 2.52. The van der Waals surface area contributed by atoms with Crippen LogP contribution in [0.5, 0.6) is 0 Å². The Hall–Kier alpha value is -0.650. The molecule has 1 atom stereocenters. The molecule has 0 aliphatic rings. The summed E-state index contributed by atoms with van der Waals surface area (Å²) in [5, 5.41) is 13.3. The van der Waals surface area contributed by atoms with E-state index in [1.165, 1.54) is 0 Å². The molecule has 1 aromatic rings. The molecule has 1 unspecified atom stereocenters. The van der Waals surface area contributed by atoms with Crippen LogP contribution >= 0.6 is 11.8 Å². The molecule has 1 aromatic heterocycles. The molecule has 4 nitrogen and oxygen atoms in total. The highest BCUT2D eigenvalue weighted by atomic mass is 32.2. The number of hydrogen-bond donors (Lipinski definition) is 2. The van der Waals surface area contributed by atoms with Crippen LogP contribution in [0.4, 0.5) is 0 Å². The third kappa shape index (κ3) is 4.08. The van der Waals surface area contributed by atoms with Gasteiger partial charge in [0, 0.05) is 23.7 Å². The number of aryl methyl sites for hydroxylation is 1. The minimum absolute atomic E-state index is 0.111. The van der Waals surface area contributed by atoms with Crippen molar-refractivity contribution in [2.24, 2.45) is 0 Å². The number of likely N-dealkylation sites (N-methyl/N-ethyl adjacent to an activating group) is 1. The molecule has 0 saturated heterocycles. The first kappa shape index (κ1) is 13.4. The van der Waals surface area contributed by atoms with Crippen molar-refractivity contribution in [1.82, 2.24) is 15.3 Å². The first-order valence-corrected chi connectivity index (χ1v) is 6.35. The van der Waals surface area contributed by atoms with Gasteiger partial charge in [0.15, 0.2) is 5.16 Å². The van der Waals surface area contributed by atoms with E-state index in [9.17, 15) is 5.11 Å². The van der Waals surface area contributed by atoms with E-state index in [1.54, 1.807) is 24.2 Å². The van der Waals surface area contributed by atoms with Gasteiger partial charge in [-0.3, -0.25) is 0 Å². The molecule has 0 bridgehead atoms. The summed E-state index contributed by atoms with van der Waals surface area (Å²) < 4.78 is 0. The highest BCUT2D eigenvalue weighted by Crippen LogP contribution is 2.18. The van der Waals surface area contributed by atoms with Crippen molar-refractivity contribution in [2.75, 3.05) is 18.9 Å². The first-order valence-electron chi connectivity index (χ1n) is 5.37. The number of thioether (sulfide) groups is 1. The standard InChI is InChI=1S/C11H19N3OS/c1-4-14-11(3,7-15)8-16-10-12-5-9(2)6-13-10/h5-6,14-15H,4,7-8H2,1-3H3. The predicted molar refractivity (Wildman–Crippen MR) is 66.7 cm³/mol. The lowest BCUT2D eigenvalue weighted by Gasteiger charge is -2.27. The maximum atomic E-state index is 9.32. The van der Waals surface area contributed by atoms with Gasteiger partial charge < -0.3 is 10.4 Å². The van der Waals surface area contributed by atoms with Crippen LogP contribution in [0.15, 0.2) is 17.6 Å². The Morgan fingerprint density at radius 3 is 2.56 bits per heavy atom. The first-order chi connectivity index (χ1) is 7.59. The second kappa shape index (κ2) is 6.18. The Morgan fingerprint density at radius 2 is 2.06 bits per heavy atom. The number of hydrogen-bond acceptors (Lipinski definition) is 5. The Kier molecular flexibility index (Phi) is 5.18. The second-order valence-corrected chi connectivity index (χ2v) is 5.02. The van der Waals surface area contributed by atoms with Gasteiger partial charge in [0.25, 0.3) is 0 Å². The summed E-state index contributed by atoms with van der Waals surface area (Å²) in [4.78, 5) is 8.44. The van der Waals surface area contributed by atoms with Crippen molar-refractivity contribution >= 4 is 11.8 Å². The zero-order valence-corrected chi connectivity index (χ0v) is 10.8. The van der Waals surface area contributed by atoms with Crippen molar-refractivity contribution in [1.29, 1.82) is 0 Å². The van der Waals surface area contributed by atoms with E-state index in [0.29, 0.717) is 0 Å². The molecule has 5 heteroatoms. The number of aliphatic hydroxyl groups is 1. The van der Waals surface area contributed by atoms with Crippen molar-refractivity contribution in [3.8, 4) is 0 Å². The van der Waals surface area contributed by atoms with E-state index >= 15 is 0 Å².